The van der Waals surface area contributed by atoms with Crippen molar-refractivity contribution in [1.82, 2.24) is 0 Å². The van der Waals surface area contributed by atoms with Crippen LogP contribution in [-0.2, 0) is 0 Å². The molecule has 0 spiro atoms. The largest absolute Gasteiger partial charge is 0.486 e. The highest BCUT2D eigenvalue weighted by Crippen LogP contribution is 2.27. The molecule has 112 valence electrons. The lowest BCUT2D eigenvalue weighted by atomic mass is 10.0. The molecule has 0 radical (unpaired) electrons. The quantitative estimate of drug-likeness (QED) is 0.665. The summed E-state index contributed by atoms with van der Waals surface area (Å²) in [4.78, 5) is 11.5. The third-order valence-corrected chi connectivity index (χ3v) is 3.86. The van der Waals surface area contributed by atoms with Gasteiger partial charge in [0.25, 0.3) is 0 Å². The lowest BCUT2D eigenvalue weighted by Crippen LogP contribution is -2.05. The van der Waals surface area contributed by atoms with E-state index in [0.717, 1.165) is 16.5 Å². The van der Waals surface area contributed by atoms with E-state index in [4.69, 9.17) is 9.15 Å². The Morgan fingerprint density at radius 3 is 2.55 bits per heavy atom. The SMILES string of the molecule is Cc1ccccc1C(C)Oc1ccc2c(C)cc(=O)oc2c1. The first-order chi connectivity index (χ1) is 10.5. The third kappa shape index (κ3) is 2.75. The zero-order valence-electron chi connectivity index (χ0n) is 12.9. The van der Waals surface area contributed by atoms with Gasteiger partial charge in [-0.3, -0.25) is 0 Å². The highest BCUT2D eigenvalue weighted by atomic mass is 16.5. The van der Waals surface area contributed by atoms with Crippen LogP contribution < -0.4 is 10.4 Å². The monoisotopic (exact) mass is 294 g/mol. The molecule has 0 amide bonds. The summed E-state index contributed by atoms with van der Waals surface area (Å²) in [6, 6.07) is 15.3. The van der Waals surface area contributed by atoms with Crippen LogP contribution in [0, 0.1) is 13.8 Å². The van der Waals surface area contributed by atoms with Gasteiger partial charge in [-0.25, -0.2) is 4.79 Å². The Morgan fingerprint density at radius 2 is 1.77 bits per heavy atom. The first kappa shape index (κ1) is 14.4. The smallest absolute Gasteiger partial charge is 0.336 e. The molecule has 0 aliphatic rings. The highest BCUT2D eigenvalue weighted by molar-refractivity contribution is 5.81. The van der Waals surface area contributed by atoms with Crippen LogP contribution in [0.3, 0.4) is 0 Å². The Hall–Kier alpha value is -2.55. The first-order valence-electron chi connectivity index (χ1n) is 7.31. The molecule has 0 saturated carbocycles. The number of hydrogen-bond acceptors (Lipinski definition) is 3. The van der Waals surface area contributed by atoms with Crippen molar-refractivity contribution >= 4 is 11.0 Å². The molecule has 1 heterocycles. The molecule has 3 aromatic rings. The summed E-state index contributed by atoms with van der Waals surface area (Å²) in [5.74, 6) is 0.692. The minimum absolute atomic E-state index is 0.0739. The average molecular weight is 294 g/mol. The fourth-order valence-electron chi connectivity index (χ4n) is 2.69. The van der Waals surface area contributed by atoms with Crippen molar-refractivity contribution in [3.63, 3.8) is 0 Å². The van der Waals surface area contributed by atoms with Gasteiger partial charge in [-0.05, 0) is 49.6 Å². The van der Waals surface area contributed by atoms with Crippen LogP contribution >= 0.6 is 0 Å². The van der Waals surface area contributed by atoms with Crippen molar-refractivity contribution in [3.05, 3.63) is 75.6 Å². The van der Waals surface area contributed by atoms with E-state index in [9.17, 15) is 4.79 Å². The molecule has 2 aromatic carbocycles. The van der Waals surface area contributed by atoms with Crippen LogP contribution in [0.2, 0.25) is 0 Å². The fourth-order valence-corrected chi connectivity index (χ4v) is 2.69. The van der Waals surface area contributed by atoms with Crippen LogP contribution in [0.15, 0.2) is 57.7 Å². The maximum atomic E-state index is 11.5. The average Bonchev–Trinajstić information content (AvgIpc) is 2.47. The second-order valence-electron chi connectivity index (χ2n) is 5.52. The van der Waals surface area contributed by atoms with Gasteiger partial charge in [-0.2, -0.15) is 0 Å². The normalized spacial score (nSPS) is 12.3. The number of benzene rings is 2. The standard InChI is InChI=1S/C19H18O3/c1-12-6-4-5-7-16(12)14(3)21-15-8-9-17-13(2)10-19(20)22-18(17)11-15/h4-11,14H,1-3H3. The Kier molecular flexibility index (Phi) is 3.72. The summed E-state index contributed by atoms with van der Waals surface area (Å²) >= 11 is 0. The second-order valence-corrected chi connectivity index (χ2v) is 5.52. The van der Waals surface area contributed by atoms with Gasteiger partial charge < -0.3 is 9.15 Å². The molecule has 3 heteroatoms. The molecule has 0 N–H and O–H groups in total. The maximum absolute atomic E-state index is 11.5. The zero-order valence-corrected chi connectivity index (χ0v) is 12.9. The van der Waals surface area contributed by atoms with E-state index >= 15 is 0 Å². The predicted octanol–water partition coefficient (Wildman–Crippen LogP) is 4.55. The molecule has 1 unspecified atom stereocenters. The molecule has 0 bridgehead atoms. The minimum Gasteiger partial charge on any atom is -0.486 e. The maximum Gasteiger partial charge on any atom is 0.336 e. The van der Waals surface area contributed by atoms with Gasteiger partial charge in [0.1, 0.15) is 17.4 Å². The molecule has 0 aliphatic heterocycles. The number of rotatable bonds is 3. The summed E-state index contributed by atoms with van der Waals surface area (Å²) in [6.45, 7) is 5.98. The van der Waals surface area contributed by atoms with Crippen molar-refractivity contribution in [2.24, 2.45) is 0 Å². The zero-order chi connectivity index (χ0) is 15.7. The Bertz CT molecular complexity index is 877. The van der Waals surface area contributed by atoms with Crippen LogP contribution in [0.1, 0.15) is 29.7 Å². The van der Waals surface area contributed by atoms with Crippen molar-refractivity contribution < 1.29 is 9.15 Å². The van der Waals surface area contributed by atoms with Gasteiger partial charge in [0.2, 0.25) is 0 Å². The van der Waals surface area contributed by atoms with E-state index in [-0.39, 0.29) is 11.7 Å². The van der Waals surface area contributed by atoms with E-state index in [1.165, 1.54) is 11.6 Å². The van der Waals surface area contributed by atoms with Crippen molar-refractivity contribution in [3.8, 4) is 5.75 Å². The number of ether oxygens (including phenoxy) is 1. The Labute approximate surface area is 129 Å². The molecule has 1 atom stereocenters. The molecule has 0 saturated heterocycles. The molecule has 3 rings (SSSR count). The van der Waals surface area contributed by atoms with Gasteiger partial charge >= 0.3 is 5.63 Å². The van der Waals surface area contributed by atoms with E-state index in [1.54, 1.807) is 6.07 Å². The highest BCUT2D eigenvalue weighted by Gasteiger charge is 2.11. The van der Waals surface area contributed by atoms with Gasteiger partial charge in [0, 0.05) is 17.5 Å². The van der Waals surface area contributed by atoms with Crippen LogP contribution in [-0.4, -0.2) is 0 Å². The topological polar surface area (TPSA) is 39.4 Å². The number of aryl methyl sites for hydroxylation is 2. The Morgan fingerprint density at radius 1 is 1.00 bits per heavy atom. The molecule has 22 heavy (non-hydrogen) atoms. The Balaban J connectivity index is 1.94. The lowest BCUT2D eigenvalue weighted by molar-refractivity contribution is 0.226. The molecule has 1 aromatic heterocycles. The molecular formula is C19H18O3. The summed E-state index contributed by atoms with van der Waals surface area (Å²) in [6.07, 6.45) is -0.0739. The summed E-state index contributed by atoms with van der Waals surface area (Å²) in [7, 11) is 0. The van der Waals surface area contributed by atoms with E-state index < -0.39 is 0 Å². The first-order valence-corrected chi connectivity index (χ1v) is 7.31. The molecular weight excluding hydrogens is 276 g/mol. The van der Waals surface area contributed by atoms with Crippen LogP contribution in [0.25, 0.3) is 11.0 Å². The summed E-state index contributed by atoms with van der Waals surface area (Å²) in [5.41, 5.74) is 3.46. The number of fused-ring (bicyclic) bond motifs is 1. The van der Waals surface area contributed by atoms with Gasteiger partial charge in [0.15, 0.2) is 0 Å². The fraction of sp³-hybridized carbons (Fsp3) is 0.211. The number of hydrogen-bond donors (Lipinski definition) is 0. The van der Waals surface area contributed by atoms with Gasteiger partial charge in [-0.1, -0.05) is 24.3 Å². The lowest BCUT2D eigenvalue weighted by Gasteiger charge is -2.17. The van der Waals surface area contributed by atoms with Crippen molar-refractivity contribution in [2.75, 3.05) is 0 Å². The third-order valence-electron chi connectivity index (χ3n) is 3.86. The predicted molar refractivity (Wildman–Crippen MR) is 87.4 cm³/mol. The molecule has 0 aliphatic carbocycles. The summed E-state index contributed by atoms with van der Waals surface area (Å²) in [5, 5.41) is 0.926. The van der Waals surface area contributed by atoms with Crippen molar-refractivity contribution in [2.45, 2.75) is 26.9 Å². The molecule has 3 nitrogen and oxygen atoms in total. The molecule has 0 fully saturated rings. The minimum atomic E-state index is -0.339. The second kappa shape index (κ2) is 5.68. The van der Waals surface area contributed by atoms with E-state index in [2.05, 4.69) is 19.1 Å². The van der Waals surface area contributed by atoms with Gasteiger partial charge in [-0.15, -0.1) is 0 Å². The van der Waals surface area contributed by atoms with E-state index in [0.29, 0.717) is 11.3 Å². The summed E-state index contributed by atoms with van der Waals surface area (Å²) < 4.78 is 11.3. The van der Waals surface area contributed by atoms with Crippen LogP contribution in [0.4, 0.5) is 0 Å². The van der Waals surface area contributed by atoms with Crippen LogP contribution in [0.5, 0.6) is 5.75 Å². The van der Waals surface area contributed by atoms with Crippen molar-refractivity contribution in [1.29, 1.82) is 0 Å². The van der Waals surface area contributed by atoms with Gasteiger partial charge in [0.05, 0.1) is 0 Å². The van der Waals surface area contributed by atoms with E-state index in [1.807, 2.05) is 38.1 Å².